The zero-order valence-corrected chi connectivity index (χ0v) is 22.6. The Labute approximate surface area is 222 Å². The van der Waals surface area contributed by atoms with Crippen LogP contribution in [-0.4, -0.2) is 0 Å². The minimum atomic E-state index is 0.0112. The fraction of sp³-hybridized carbons (Fsp3) is 0.333. The first-order valence-electron chi connectivity index (χ1n) is 14.2. The summed E-state index contributed by atoms with van der Waals surface area (Å²) in [7, 11) is 0. The van der Waals surface area contributed by atoms with Crippen LogP contribution in [0.2, 0.25) is 0 Å². The minimum Gasteiger partial charge on any atom is -0.355 e. The second kappa shape index (κ2) is 8.09. The summed E-state index contributed by atoms with van der Waals surface area (Å²) in [6.07, 6.45) is 6.83. The molecule has 1 N–H and O–H groups in total. The van der Waals surface area contributed by atoms with Crippen LogP contribution >= 0.6 is 0 Å². The van der Waals surface area contributed by atoms with Gasteiger partial charge in [-0.1, -0.05) is 102 Å². The summed E-state index contributed by atoms with van der Waals surface area (Å²) >= 11 is 0. The van der Waals surface area contributed by atoms with Gasteiger partial charge in [-0.05, 0) is 93.1 Å². The van der Waals surface area contributed by atoms with Gasteiger partial charge in [0.1, 0.15) is 0 Å². The molecule has 4 aromatic rings. The van der Waals surface area contributed by atoms with E-state index in [0.29, 0.717) is 5.92 Å². The molecule has 37 heavy (non-hydrogen) atoms. The molecule has 4 aromatic carbocycles. The normalized spacial score (nSPS) is 18.6. The van der Waals surface area contributed by atoms with Gasteiger partial charge in [0.25, 0.3) is 0 Å². The highest BCUT2D eigenvalue weighted by Crippen LogP contribution is 2.53. The van der Waals surface area contributed by atoms with E-state index in [9.17, 15) is 0 Å². The third kappa shape index (κ3) is 3.36. The quantitative estimate of drug-likeness (QED) is 0.306. The molecular weight excluding hydrogens is 446 g/mol. The molecule has 3 aliphatic rings. The molecule has 0 aliphatic heterocycles. The standard InChI is InChI=1S/C36H37N/c1-35(2)31-16-9-8-13-27(31)30-21-24(18-20-32(30)35)37-25-17-19-28-29-15-10-14-26(23-11-6-5-7-12-23)34(29)36(3,4)33(28)22-25/h8-10,13-23,37H,5-7,11-12H2,1-4H3. The zero-order chi connectivity index (χ0) is 25.4. The van der Waals surface area contributed by atoms with Gasteiger partial charge in [-0.3, -0.25) is 0 Å². The first-order valence-corrected chi connectivity index (χ1v) is 14.2. The number of anilines is 2. The summed E-state index contributed by atoms with van der Waals surface area (Å²) in [5.74, 6) is 0.716. The fourth-order valence-electron chi connectivity index (χ4n) is 7.72. The first-order chi connectivity index (χ1) is 17.9. The van der Waals surface area contributed by atoms with Gasteiger partial charge in [0.05, 0.1) is 0 Å². The predicted molar refractivity (Wildman–Crippen MR) is 157 cm³/mol. The summed E-state index contributed by atoms with van der Waals surface area (Å²) in [4.78, 5) is 0. The van der Waals surface area contributed by atoms with E-state index >= 15 is 0 Å². The van der Waals surface area contributed by atoms with Crippen LogP contribution in [0.3, 0.4) is 0 Å². The molecule has 0 atom stereocenters. The third-order valence-electron chi connectivity index (χ3n) is 9.62. The lowest BCUT2D eigenvalue weighted by Gasteiger charge is -2.30. The van der Waals surface area contributed by atoms with Crippen LogP contribution in [0.5, 0.6) is 0 Å². The average Bonchev–Trinajstić information content (AvgIpc) is 3.29. The monoisotopic (exact) mass is 483 g/mol. The summed E-state index contributed by atoms with van der Waals surface area (Å²) in [5.41, 5.74) is 15.4. The van der Waals surface area contributed by atoms with E-state index in [1.54, 1.807) is 11.1 Å². The third-order valence-corrected chi connectivity index (χ3v) is 9.62. The number of benzene rings is 4. The van der Waals surface area contributed by atoms with Crippen LogP contribution in [0.15, 0.2) is 78.9 Å². The van der Waals surface area contributed by atoms with Crippen LogP contribution in [0, 0.1) is 0 Å². The SMILES string of the molecule is CC1(C)c2ccccc2-c2cc(Nc3ccc4c(c3)C(C)(C)c3c-4cccc3C3CCCCC3)ccc21. The second-order valence-corrected chi connectivity index (χ2v) is 12.5. The van der Waals surface area contributed by atoms with Gasteiger partial charge in [-0.2, -0.15) is 0 Å². The van der Waals surface area contributed by atoms with Crippen molar-refractivity contribution in [2.45, 2.75) is 76.5 Å². The van der Waals surface area contributed by atoms with Crippen molar-refractivity contribution in [3.63, 3.8) is 0 Å². The Bertz CT molecular complexity index is 1530. The molecule has 1 nitrogen and oxygen atoms in total. The van der Waals surface area contributed by atoms with Crippen LogP contribution in [0.1, 0.15) is 93.5 Å². The number of rotatable bonds is 3. The van der Waals surface area contributed by atoms with Crippen molar-refractivity contribution in [1.82, 2.24) is 0 Å². The number of nitrogens with one attached hydrogen (secondary N) is 1. The van der Waals surface area contributed by atoms with E-state index in [0.717, 1.165) is 5.69 Å². The van der Waals surface area contributed by atoms with E-state index in [-0.39, 0.29) is 10.8 Å². The Kier molecular flexibility index (Phi) is 4.99. The van der Waals surface area contributed by atoms with Gasteiger partial charge in [-0.15, -0.1) is 0 Å². The highest BCUT2D eigenvalue weighted by molar-refractivity contribution is 5.86. The number of hydrogen-bond donors (Lipinski definition) is 1. The molecule has 0 heterocycles. The zero-order valence-electron chi connectivity index (χ0n) is 22.6. The van der Waals surface area contributed by atoms with Gasteiger partial charge in [0.15, 0.2) is 0 Å². The van der Waals surface area contributed by atoms with Crippen molar-refractivity contribution < 1.29 is 0 Å². The van der Waals surface area contributed by atoms with Crippen LogP contribution in [0.25, 0.3) is 22.3 Å². The van der Waals surface area contributed by atoms with E-state index in [4.69, 9.17) is 0 Å². The maximum absolute atomic E-state index is 3.76. The van der Waals surface area contributed by atoms with Crippen LogP contribution in [0.4, 0.5) is 11.4 Å². The molecule has 0 amide bonds. The molecule has 3 aliphatic carbocycles. The lowest BCUT2D eigenvalue weighted by Crippen LogP contribution is -2.19. The summed E-state index contributed by atoms with van der Waals surface area (Å²) < 4.78 is 0. The smallest absolute Gasteiger partial charge is 0.0390 e. The maximum Gasteiger partial charge on any atom is 0.0390 e. The van der Waals surface area contributed by atoms with Gasteiger partial charge in [0, 0.05) is 22.2 Å². The second-order valence-electron chi connectivity index (χ2n) is 12.5. The fourth-order valence-corrected chi connectivity index (χ4v) is 7.72. The highest BCUT2D eigenvalue weighted by Gasteiger charge is 2.39. The molecule has 0 spiro atoms. The van der Waals surface area contributed by atoms with E-state index in [1.807, 2.05) is 0 Å². The van der Waals surface area contributed by atoms with E-state index in [2.05, 4.69) is 112 Å². The summed E-state index contributed by atoms with van der Waals surface area (Å²) in [6.45, 7) is 9.55. The van der Waals surface area contributed by atoms with Gasteiger partial charge >= 0.3 is 0 Å². The van der Waals surface area contributed by atoms with Gasteiger partial charge in [0.2, 0.25) is 0 Å². The Hall–Kier alpha value is -3.32. The molecule has 1 saturated carbocycles. The van der Waals surface area contributed by atoms with Crippen molar-refractivity contribution in [1.29, 1.82) is 0 Å². The predicted octanol–water partition coefficient (Wildman–Crippen LogP) is 10.1. The summed E-state index contributed by atoms with van der Waals surface area (Å²) in [5, 5.41) is 3.76. The van der Waals surface area contributed by atoms with Gasteiger partial charge in [-0.25, -0.2) is 0 Å². The molecule has 1 fully saturated rings. The lowest BCUT2D eigenvalue weighted by atomic mass is 9.74. The topological polar surface area (TPSA) is 12.0 Å². The molecular formula is C36H37N. The molecule has 1 heteroatoms. The molecule has 0 radical (unpaired) electrons. The Morgan fingerprint density at radius 2 is 1.24 bits per heavy atom. The van der Waals surface area contributed by atoms with Crippen molar-refractivity contribution >= 4 is 11.4 Å². The van der Waals surface area contributed by atoms with Crippen molar-refractivity contribution in [2.24, 2.45) is 0 Å². The molecule has 7 rings (SSSR count). The van der Waals surface area contributed by atoms with Crippen LogP contribution < -0.4 is 5.32 Å². The minimum absolute atomic E-state index is 0.0112. The van der Waals surface area contributed by atoms with Crippen molar-refractivity contribution in [3.05, 3.63) is 107 Å². The number of hydrogen-bond acceptors (Lipinski definition) is 1. The molecule has 0 bridgehead atoms. The maximum atomic E-state index is 3.76. The number of fused-ring (bicyclic) bond motifs is 6. The first kappa shape index (κ1) is 22.8. The largest absolute Gasteiger partial charge is 0.355 e. The average molecular weight is 484 g/mol. The molecule has 0 unspecified atom stereocenters. The molecule has 0 aromatic heterocycles. The lowest BCUT2D eigenvalue weighted by molar-refractivity contribution is 0.438. The molecule has 0 saturated heterocycles. The highest BCUT2D eigenvalue weighted by atomic mass is 14.9. The van der Waals surface area contributed by atoms with E-state index in [1.165, 1.54) is 76.7 Å². The Morgan fingerprint density at radius 3 is 2.08 bits per heavy atom. The van der Waals surface area contributed by atoms with E-state index < -0.39 is 0 Å². The molecule has 186 valence electrons. The van der Waals surface area contributed by atoms with Gasteiger partial charge < -0.3 is 5.32 Å². The van der Waals surface area contributed by atoms with Crippen molar-refractivity contribution in [3.8, 4) is 22.3 Å². The Morgan fingerprint density at radius 1 is 0.568 bits per heavy atom. The Balaban J connectivity index is 1.25. The summed E-state index contributed by atoms with van der Waals surface area (Å²) in [6, 6.07) is 29.9. The van der Waals surface area contributed by atoms with Crippen molar-refractivity contribution in [2.75, 3.05) is 5.32 Å². The van der Waals surface area contributed by atoms with Crippen LogP contribution in [-0.2, 0) is 10.8 Å².